The first-order valence-electron chi connectivity index (χ1n) is 11.8. The Morgan fingerprint density at radius 2 is 1.72 bits per heavy atom. The van der Waals surface area contributed by atoms with Gasteiger partial charge in [-0.15, -0.1) is 0 Å². The number of aliphatic carboxylic acids is 1. The third kappa shape index (κ3) is 9.74. The molecule has 1 aromatic carbocycles. The smallest absolute Gasteiger partial charge is 0.326 e. The summed E-state index contributed by atoms with van der Waals surface area (Å²) in [6.07, 6.45) is 2.17. The van der Waals surface area contributed by atoms with Crippen LogP contribution in [0, 0.1) is 0 Å². The Kier molecular flexibility index (Phi) is 12.0. The molecule has 9 N–H and O–H groups in total. The molecule has 1 aliphatic heterocycles. The Labute approximate surface area is 215 Å². The van der Waals surface area contributed by atoms with E-state index >= 15 is 0 Å². The van der Waals surface area contributed by atoms with E-state index in [0.29, 0.717) is 12.8 Å². The largest absolute Gasteiger partial charge is 0.480 e. The van der Waals surface area contributed by atoms with Gasteiger partial charge in [0.25, 0.3) is 0 Å². The summed E-state index contributed by atoms with van der Waals surface area (Å²) in [5, 5.41) is 20.4. The first-order valence-corrected chi connectivity index (χ1v) is 12.4. The number of rotatable bonds is 14. The second-order valence-electron chi connectivity index (χ2n) is 8.49. The van der Waals surface area contributed by atoms with Gasteiger partial charge in [0.1, 0.15) is 18.1 Å². The molecule has 0 spiro atoms. The predicted octanol–water partition coefficient (Wildman–Crippen LogP) is -1.50. The lowest BCUT2D eigenvalue weighted by Crippen LogP contribution is -2.58. The fourth-order valence-electron chi connectivity index (χ4n) is 3.74. The molecule has 0 radical (unpaired) electrons. The number of hydrogen-bond donors (Lipinski definition) is 8. The van der Waals surface area contributed by atoms with E-state index < -0.39 is 35.9 Å². The lowest BCUT2D eigenvalue weighted by Gasteiger charge is -2.24. The van der Waals surface area contributed by atoms with Crippen LogP contribution < -0.4 is 32.7 Å². The Hall–Kier alpha value is -3.32. The molecule has 12 nitrogen and oxygen atoms in total. The van der Waals surface area contributed by atoms with Crippen molar-refractivity contribution in [2.45, 2.75) is 56.3 Å². The van der Waals surface area contributed by atoms with E-state index in [9.17, 15) is 24.3 Å². The van der Waals surface area contributed by atoms with E-state index in [2.05, 4.69) is 38.9 Å². The van der Waals surface area contributed by atoms with Crippen molar-refractivity contribution in [1.82, 2.24) is 21.3 Å². The molecule has 2 rings (SSSR count). The highest BCUT2D eigenvalue weighted by atomic mass is 32.1. The molecule has 1 heterocycles. The van der Waals surface area contributed by atoms with E-state index in [0.717, 1.165) is 18.5 Å². The van der Waals surface area contributed by atoms with Gasteiger partial charge in [0, 0.05) is 18.7 Å². The maximum atomic E-state index is 13.2. The molecule has 3 amide bonds. The minimum atomic E-state index is -1.23. The first-order chi connectivity index (χ1) is 17.2. The van der Waals surface area contributed by atoms with Crippen molar-refractivity contribution in [3.8, 4) is 0 Å². The van der Waals surface area contributed by atoms with E-state index in [1.807, 2.05) is 30.3 Å². The Morgan fingerprint density at radius 3 is 2.31 bits per heavy atom. The van der Waals surface area contributed by atoms with Crippen LogP contribution in [0.15, 0.2) is 35.3 Å². The summed E-state index contributed by atoms with van der Waals surface area (Å²) < 4.78 is 0. The van der Waals surface area contributed by atoms with Gasteiger partial charge < -0.3 is 37.8 Å². The zero-order valence-electron chi connectivity index (χ0n) is 20.0. The summed E-state index contributed by atoms with van der Waals surface area (Å²) in [5.74, 6) is -2.97. The number of amides is 3. The van der Waals surface area contributed by atoms with Crippen LogP contribution in [0.5, 0.6) is 0 Å². The van der Waals surface area contributed by atoms with Gasteiger partial charge in [-0.25, -0.2) is 4.79 Å². The minimum absolute atomic E-state index is 0.0753. The molecule has 0 aliphatic carbocycles. The number of guanidine groups is 1. The highest BCUT2D eigenvalue weighted by Crippen LogP contribution is 2.08. The van der Waals surface area contributed by atoms with Crippen LogP contribution in [-0.4, -0.2) is 77.8 Å². The maximum Gasteiger partial charge on any atom is 0.326 e. The molecule has 0 aromatic heterocycles. The zero-order chi connectivity index (χ0) is 26.5. The zero-order valence-corrected chi connectivity index (χ0v) is 20.9. The van der Waals surface area contributed by atoms with Gasteiger partial charge in [0.2, 0.25) is 17.7 Å². The van der Waals surface area contributed by atoms with Crippen LogP contribution in [0.1, 0.15) is 31.2 Å². The summed E-state index contributed by atoms with van der Waals surface area (Å²) >= 11 is 4.15. The molecule has 13 heteroatoms. The monoisotopic (exact) mass is 521 g/mol. The lowest BCUT2D eigenvalue weighted by atomic mass is 10.0. The minimum Gasteiger partial charge on any atom is -0.480 e. The number of nitrogens with two attached hydrogens (primary N) is 2. The summed E-state index contributed by atoms with van der Waals surface area (Å²) in [6, 6.07) is 5.55. The fourth-order valence-corrected chi connectivity index (χ4v) is 4.00. The van der Waals surface area contributed by atoms with Crippen LogP contribution in [0.2, 0.25) is 0 Å². The average Bonchev–Trinajstić information content (AvgIpc) is 3.39. The third-order valence-corrected chi connectivity index (χ3v) is 6.03. The SMILES string of the molecule is NC(N)=NCCCC(NC(=O)C(CS)NC(=O)C(Cc1ccccc1)NC(=O)C1CCCN1)C(=O)O. The van der Waals surface area contributed by atoms with Crippen LogP contribution in [0.25, 0.3) is 0 Å². The van der Waals surface area contributed by atoms with Crippen LogP contribution >= 0.6 is 12.6 Å². The fraction of sp³-hybridized carbons (Fsp3) is 0.522. The molecule has 0 saturated carbocycles. The molecule has 1 aliphatic rings. The number of benzene rings is 1. The maximum absolute atomic E-state index is 13.2. The number of thiol groups is 1. The molecule has 0 bridgehead atoms. The van der Waals surface area contributed by atoms with Crippen LogP contribution in [0.4, 0.5) is 0 Å². The summed E-state index contributed by atoms with van der Waals surface area (Å²) in [6.45, 7) is 0.942. The molecule has 4 atom stereocenters. The molecule has 1 aromatic rings. The Morgan fingerprint density at radius 1 is 1.06 bits per heavy atom. The second kappa shape index (κ2) is 14.9. The van der Waals surface area contributed by atoms with Gasteiger partial charge in [-0.05, 0) is 37.8 Å². The lowest BCUT2D eigenvalue weighted by molar-refractivity contribution is -0.142. The van der Waals surface area contributed by atoms with Crippen molar-refractivity contribution >= 4 is 42.3 Å². The number of carboxylic acids is 1. The van der Waals surface area contributed by atoms with Gasteiger partial charge in [-0.3, -0.25) is 19.4 Å². The van der Waals surface area contributed by atoms with Crippen LogP contribution in [-0.2, 0) is 25.6 Å². The molecule has 1 fully saturated rings. The topological polar surface area (TPSA) is 201 Å². The first kappa shape index (κ1) is 28.9. The summed E-state index contributed by atoms with van der Waals surface area (Å²) in [5.41, 5.74) is 11.3. The number of aliphatic imine (C=N–C) groups is 1. The Bertz CT molecular complexity index is 921. The van der Waals surface area contributed by atoms with Crippen LogP contribution in [0.3, 0.4) is 0 Å². The van der Waals surface area contributed by atoms with E-state index in [1.165, 1.54) is 0 Å². The van der Waals surface area contributed by atoms with Crippen molar-refractivity contribution in [2.24, 2.45) is 16.5 Å². The van der Waals surface area contributed by atoms with E-state index in [1.54, 1.807) is 0 Å². The number of carbonyl (C=O) groups excluding carboxylic acids is 3. The number of carbonyl (C=O) groups is 4. The number of hydrogen-bond acceptors (Lipinski definition) is 7. The highest BCUT2D eigenvalue weighted by Gasteiger charge is 2.31. The molecule has 198 valence electrons. The standard InChI is InChI=1S/C23H35N7O5S/c24-23(25)27-11-5-9-16(22(34)35)28-21(33)18(13-36)30-20(32)17(12-14-6-2-1-3-7-14)29-19(31)15-8-4-10-26-15/h1-3,6-7,15-18,26,36H,4-5,8-13H2,(H,28,33)(H,29,31)(H,30,32)(H,34,35)(H4,24,25,27). The highest BCUT2D eigenvalue weighted by molar-refractivity contribution is 7.80. The number of nitrogens with zero attached hydrogens (tertiary/aromatic N) is 1. The van der Waals surface area contributed by atoms with Crippen molar-refractivity contribution in [1.29, 1.82) is 0 Å². The van der Waals surface area contributed by atoms with Gasteiger partial charge in [0.05, 0.1) is 6.04 Å². The van der Waals surface area contributed by atoms with Crippen molar-refractivity contribution in [3.63, 3.8) is 0 Å². The predicted molar refractivity (Wildman–Crippen MR) is 138 cm³/mol. The molecule has 36 heavy (non-hydrogen) atoms. The van der Waals surface area contributed by atoms with Crippen molar-refractivity contribution in [2.75, 3.05) is 18.8 Å². The van der Waals surface area contributed by atoms with E-state index in [4.69, 9.17) is 11.5 Å². The van der Waals surface area contributed by atoms with E-state index in [-0.39, 0.29) is 43.0 Å². The molecular weight excluding hydrogens is 486 g/mol. The molecular formula is C23H35N7O5S. The normalized spacial score (nSPS) is 17.3. The van der Waals surface area contributed by atoms with Crippen molar-refractivity contribution < 1.29 is 24.3 Å². The summed E-state index contributed by atoms with van der Waals surface area (Å²) in [4.78, 5) is 54.0. The van der Waals surface area contributed by atoms with Gasteiger partial charge in [0.15, 0.2) is 5.96 Å². The number of nitrogens with one attached hydrogen (secondary N) is 4. The third-order valence-electron chi connectivity index (χ3n) is 5.67. The van der Waals surface area contributed by atoms with Gasteiger partial charge in [-0.1, -0.05) is 30.3 Å². The molecule has 1 saturated heterocycles. The summed E-state index contributed by atoms with van der Waals surface area (Å²) in [7, 11) is 0. The van der Waals surface area contributed by atoms with Gasteiger partial charge in [-0.2, -0.15) is 12.6 Å². The second-order valence-corrected chi connectivity index (χ2v) is 8.86. The molecule has 4 unspecified atom stereocenters. The Balaban J connectivity index is 2.04. The van der Waals surface area contributed by atoms with Crippen molar-refractivity contribution in [3.05, 3.63) is 35.9 Å². The quantitative estimate of drug-likeness (QED) is 0.0625. The van der Waals surface area contributed by atoms with Gasteiger partial charge >= 0.3 is 5.97 Å². The number of carboxylic acid groups (broad SMARTS) is 1. The average molecular weight is 522 g/mol.